The van der Waals surface area contributed by atoms with Crippen molar-refractivity contribution in [2.45, 2.75) is 51.0 Å². The molecule has 0 bridgehead atoms. The molecule has 1 aliphatic heterocycles. The molecule has 40 heavy (non-hydrogen) atoms. The topological polar surface area (TPSA) is 138 Å². The molecule has 4 atom stereocenters. The van der Waals surface area contributed by atoms with Crippen molar-refractivity contribution in [2.24, 2.45) is 0 Å². The Labute approximate surface area is 223 Å². The third-order valence-electron chi connectivity index (χ3n) is 6.44. The number of hydrogen-bond donors (Lipinski definition) is 1. The van der Waals surface area contributed by atoms with Gasteiger partial charge < -0.3 is 24.1 Å². The average Bonchev–Trinajstić information content (AvgIpc) is 2.88. The minimum atomic E-state index is -5.09. The Balaban J connectivity index is 1.62. The number of carbonyl (C=O) groups is 4. The monoisotopic (exact) mass is 559 g/mol. The zero-order chi connectivity index (χ0) is 28.9. The number of nitrogens with zero attached hydrogens (tertiary/aromatic N) is 1. The van der Waals surface area contributed by atoms with E-state index in [-0.39, 0.29) is 27.6 Å². The molecule has 2 aromatic carbocycles. The number of hydrogen-bond acceptors (Lipinski definition) is 10. The van der Waals surface area contributed by atoms with Crippen LogP contribution in [0.4, 0.5) is 13.2 Å². The van der Waals surface area contributed by atoms with Crippen molar-refractivity contribution < 1.29 is 56.4 Å². The van der Waals surface area contributed by atoms with Gasteiger partial charge in [-0.05, 0) is 6.07 Å². The lowest BCUT2D eigenvalue weighted by Crippen LogP contribution is -2.58. The average molecular weight is 559 g/mol. The Morgan fingerprint density at radius 1 is 0.975 bits per heavy atom. The summed E-state index contributed by atoms with van der Waals surface area (Å²) in [4.78, 5) is 54.1. The fraction of sp³-hybridized carbons (Fsp3) is 0.296. The van der Waals surface area contributed by atoms with E-state index >= 15 is 0 Å². The highest BCUT2D eigenvalue weighted by Gasteiger charge is 2.56. The summed E-state index contributed by atoms with van der Waals surface area (Å²) < 4.78 is 62.7. The minimum absolute atomic E-state index is 0.0229. The number of phenols is 1. The second kappa shape index (κ2) is 9.90. The number of pyridine rings is 1. The zero-order valence-electron chi connectivity index (χ0n) is 20.9. The van der Waals surface area contributed by atoms with Gasteiger partial charge in [-0.15, -0.1) is 0 Å². The molecule has 208 valence electrons. The number of phenolic OH excluding ortho intramolecular Hbond substituents is 1. The van der Waals surface area contributed by atoms with Crippen molar-refractivity contribution >= 4 is 34.4 Å². The van der Waals surface area contributed by atoms with Gasteiger partial charge in [0.05, 0.1) is 12.0 Å². The molecular weight excluding hydrogens is 539 g/mol. The quantitative estimate of drug-likeness (QED) is 0.369. The second-order valence-electron chi connectivity index (χ2n) is 9.13. The largest absolute Gasteiger partial charge is 0.504 e. The number of aromatic hydroxyl groups is 1. The predicted octanol–water partition coefficient (Wildman–Crippen LogP) is 3.64. The van der Waals surface area contributed by atoms with E-state index in [1.807, 2.05) is 0 Å². The van der Waals surface area contributed by atoms with Crippen LogP contribution in [-0.4, -0.2) is 64.4 Å². The Kier molecular flexibility index (Phi) is 6.70. The zero-order valence-corrected chi connectivity index (χ0v) is 20.9. The molecule has 1 N–H and O–H groups in total. The normalized spacial score (nSPS) is 22.3. The molecule has 2 aliphatic rings. The van der Waals surface area contributed by atoms with Crippen LogP contribution in [-0.2, 0) is 23.8 Å². The second-order valence-corrected chi connectivity index (χ2v) is 9.13. The molecule has 1 aromatic heterocycles. The fourth-order valence-corrected chi connectivity index (χ4v) is 4.93. The van der Waals surface area contributed by atoms with Gasteiger partial charge in [0, 0.05) is 42.1 Å². The van der Waals surface area contributed by atoms with Crippen molar-refractivity contribution in [1.29, 1.82) is 0 Å². The van der Waals surface area contributed by atoms with E-state index in [1.165, 1.54) is 36.5 Å². The third-order valence-corrected chi connectivity index (χ3v) is 6.44. The number of ether oxygens (including phenoxy) is 4. The molecule has 0 spiro atoms. The molecule has 13 heteroatoms. The summed E-state index contributed by atoms with van der Waals surface area (Å²) in [5.41, 5.74) is -0.534. The molecule has 0 radical (unpaired) electrons. The van der Waals surface area contributed by atoms with Crippen LogP contribution in [0.3, 0.4) is 0 Å². The maximum atomic E-state index is 14.0. The number of rotatable bonds is 4. The summed E-state index contributed by atoms with van der Waals surface area (Å²) in [7, 11) is 0. The molecular formula is C27H20F3NO9. The van der Waals surface area contributed by atoms with Crippen molar-refractivity contribution in [2.75, 3.05) is 0 Å². The van der Waals surface area contributed by atoms with Gasteiger partial charge in [-0.25, -0.2) is 0 Å². The molecule has 0 amide bonds. The maximum absolute atomic E-state index is 14.0. The number of ketones is 2. The summed E-state index contributed by atoms with van der Waals surface area (Å²) in [6, 6.07) is 8.90. The van der Waals surface area contributed by atoms with Gasteiger partial charge in [-0.2, -0.15) is 13.2 Å². The molecule has 2 heterocycles. The van der Waals surface area contributed by atoms with Crippen LogP contribution in [0.2, 0.25) is 0 Å². The van der Waals surface area contributed by atoms with Crippen molar-refractivity contribution in [3.63, 3.8) is 0 Å². The summed E-state index contributed by atoms with van der Waals surface area (Å²) in [5.74, 6) is -4.62. The van der Waals surface area contributed by atoms with E-state index in [9.17, 15) is 37.5 Å². The Morgan fingerprint density at radius 2 is 1.60 bits per heavy atom. The van der Waals surface area contributed by atoms with Crippen LogP contribution < -0.4 is 4.74 Å². The van der Waals surface area contributed by atoms with Gasteiger partial charge in [0.15, 0.2) is 35.3 Å². The van der Waals surface area contributed by atoms with Crippen molar-refractivity contribution in [3.8, 4) is 11.5 Å². The molecule has 10 nitrogen and oxygen atoms in total. The number of aromatic nitrogens is 1. The van der Waals surface area contributed by atoms with E-state index < -0.39 is 77.8 Å². The van der Waals surface area contributed by atoms with E-state index in [1.54, 1.807) is 6.07 Å². The van der Waals surface area contributed by atoms with Gasteiger partial charge in [0.2, 0.25) is 6.29 Å². The summed E-state index contributed by atoms with van der Waals surface area (Å²) >= 11 is 0. The van der Waals surface area contributed by atoms with Crippen LogP contribution in [0.1, 0.15) is 52.1 Å². The lowest BCUT2D eigenvalue weighted by Gasteiger charge is -2.40. The maximum Gasteiger partial charge on any atom is 0.418 e. The summed E-state index contributed by atoms with van der Waals surface area (Å²) in [6.45, 7) is 1.85. The molecule has 1 saturated heterocycles. The number of fused-ring (bicyclic) bond motifs is 4. The SMILES string of the molecule is CC(=O)O[C@H]1[C@@H](OC(C)=O)C[C@H](Oc2c(O)c3c(c4cccnc24)C(=O)c2ccccc2C3=O)O[C@H]1C(F)(F)F. The van der Waals surface area contributed by atoms with Crippen LogP contribution in [0.15, 0.2) is 42.6 Å². The van der Waals surface area contributed by atoms with Crippen LogP contribution in [0.5, 0.6) is 11.5 Å². The molecule has 1 aliphatic carbocycles. The molecule has 0 saturated carbocycles. The van der Waals surface area contributed by atoms with E-state index in [0.717, 1.165) is 13.8 Å². The van der Waals surface area contributed by atoms with Gasteiger partial charge in [-0.1, -0.05) is 30.3 Å². The first kappa shape index (κ1) is 27.1. The van der Waals surface area contributed by atoms with Gasteiger partial charge in [0.1, 0.15) is 11.6 Å². The first-order valence-corrected chi connectivity index (χ1v) is 11.9. The van der Waals surface area contributed by atoms with Crippen LogP contribution >= 0.6 is 0 Å². The lowest BCUT2D eigenvalue weighted by atomic mass is 9.81. The van der Waals surface area contributed by atoms with Gasteiger partial charge in [-0.3, -0.25) is 24.2 Å². The summed E-state index contributed by atoms with van der Waals surface area (Å²) in [6.07, 6.45) is -12.6. The number of esters is 2. The molecule has 1 fully saturated rings. The highest BCUT2D eigenvalue weighted by atomic mass is 19.4. The first-order valence-electron chi connectivity index (χ1n) is 11.9. The number of halogens is 3. The predicted molar refractivity (Wildman–Crippen MR) is 128 cm³/mol. The van der Waals surface area contributed by atoms with Crippen LogP contribution in [0.25, 0.3) is 10.9 Å². The van der Waals surface area contributed by atoms with E-state index in [0.29, 0.717) is 0 Å². The number of alkyl halides is 3. The number of carbonyl (C=O) groups excluding carboxylic acids is 4. The first-order chi connectivity index (χ1) is 18.9. The minimum Gasteiger partial charge on any atom is -0.504 e. The van der Waals surface area contributed by atoms with Crippen molar-refractivity contribution in [1.82, 2.24) is 4.98 Å². The molecule has 5 rings (SSSR count). The Hall–Kier alpha value is -4.52. The molecule has 0 unspecified atom stereocenters. The van der Waals surface area contributed by atoms with Crippen LogP contribution in [0, 0.1) is 0 Å². The Bertz CT molecular complexity index is 1570. The molecule has 3 aromatic rings. The van der Waals surface area contributed by atoms with E-state index in [2.05, 4.69) is 4.98 Å². The number of benzene rings is 2. The third kappa shape index (κ3) is 4.62. The lowest BCUT2D eigenvalue weighted by molar-refractivity contribution is -0.317. The van der Waals surface area contributed by atoms with Crippen molar-refractivity contribution in [3.05, 3.63) is 64.8 Å². The van der Waals surface area contributed by atoms with Gasteiger partial charge >= 0.3 is 18.1 Å². The summed E-state index contributed by atoms with van der Waals surface area (Å²) in [5, 5.41) is 11.3. The van der Waals surface area contributed by atoms with Gasteiger partial charge in [0.25, 0.3) is 0 Å². The van der Waals surface area contributed by atoms with E-state index in [4.69, 9.17) is 18.9 Å². The Morgan fingerprint density at radius 3 is 2.20 bits per heavy atom. The highest BCUT2D eigenvalue weighted by molar-refractivity contribution is 6.33. The standard InChI is InChI=1S/C27H20F3NO9/c1-11(32)37-16-10-17(40-26(27(28,29)30)24(16)38-12(2)33)39-25-20-15(8-5-9-31-20)18-19(23(25)36)22(35)14-7-4-3-6-13(14)21(18)34/h3-9,16-17,24,26,36H,10H2,1-2H3/t16-,17+,24-,26+/m0/s1. The fourth-order valence-electron chi connectivity index (χ4n) is 4.93. The smallest absolute Gasteiger partial charge is 0.418 e. The highest BCUT2D eigenvalue weighted by Crippen LogP contribution is 2.46.